The molecule has 0 rings (SSSR count). The van der Waals surface area contributed by atoms with E-state index in [1.807, 2.05) is 0 Å². The van der Waals surface area contributed by atoms with Crippen LogP contribution in [0.15, 0.2) is 0 Å². The summed E-state index contributed by atoms with van der Waals surface area (Å²) in [5.41, 5.74) is 0. The van der Waals surface area contributed by atoms with Crippen molar-refractivity contribution in [3.8, 4) is 0 Å². The number of hydrogen-bond acceptors (Lipinski definition) is 1. The van der Waals surface area contributed by atoms with Crippen molar-refractivity contribution < 1.29 is 53.0 Å². The van der Waals surface area contributed by atoms with Gasteiger partial charge in [-0.25, -0.2) is 13.2 Å². The average molecular weight is 300 g/mol. The molecule has 0 spiro atoms. The zero-order valence-electron chi connectivity index (χ0n) is 7.80. The maximum Gasteiger partial charge on any atom is 0.428 e. The summed E-state index contributed by atoms with van der Waals surface area (Å²) in [6, 6.07) is 0. The number of halogens is 11. The maximum atomic E-state index is 12.2. The van der Waals surface area contributed by atoms with E-state index in [1.165, 1.54) is 0 Å². The van der Waals surface area contributed by atoms with Crippen LogP contribution in [0.4, 0.5) is 48.3 Å². The van der Waals surface area contributed by atoms with Crippen LogP contribution in [-0.4, -0.2) is 37.2 Å². The Morgan fingerprint density at radius 1 is 0.667 bits per heavy atom. The van der Waals surface area contributed by atoms with E-state index >= 15 is 0 Å². The molecule has 0 radical (unpaired) electrons. The van der Waals surface area contributed by atoms with Gasteiger partial charge in [0, 0.05) is 0 Å². The van der Waals surface area contributed by atoms with Gasteiger partial charge in [0.05, 0.1) is 0 Å². The van der Waals surface area contributed by atoms with E-state index in [0.717, 1.165) is 0 Å². The van der Waals surface area contributed by atoms with E-state index < -0.39 is 37.2 Å². The van der Waals surface area contributed by atoms with Crippen molar-refractivity contribution in [2.24, 2.45) is 0 Å². The van der Waals surface area contributed by atoms with E-state index in [1.54, 1.807) is 0 Å². The van der Waals surface area contributed by atoms with Gasteiger partial charge >= 0.3 is 18.5 Å². The summed E-state index contributed by atoms with van der Waals surface area (Å²) in [5, 5.41) is 0. The van der Waals surface area contributed by atoms with Crippen LogP contribution in [0, 0.1) is 0 Å². The van der Waals surface area contributed by atoms with Crippen molar-refractivity contribution in [2.45, 2.75) is 37.2 Å². The van der Waals surface area contributed by atoms with Gasteiger partial charge in [-0.05, 0) is 0 Å². The van der Waals surface area contributed by atoms with Gasteiger partial charge in [-0.3, -0.25) is 4.74 Å². The molecule has 110 valence electrons. The van der Waals surface area contributed by atoms with Gasteiger partial charge in [-0.1, -0.05) is 0 Å². The molecule has 0 heterocycles. The van der Waals surface area contributed by atoms with E-state index in [2.05, 4.69) is 4.74 Å². The molecule has 12 heteroatoms. The number of hydrogen-bond donors (Lipinski definition) is 0. The van der Waals surface area contributed by atoms with E-state index in [4.69, 9.17) is 0 Å². The summed E-state index contributed by atoms with van der Waals surface area (Å²) in [4.78, 5) is 0. The highest BCUT2D eigenvalue weighted by molar-refractivity contribution is 4.78. The van der Waals surface area contributed by atoms with Crippen molar-refractivity contribution in [3.63, 3.8) is 0 Å². The largest absolute Gasteiger partial charge is 0.428 e. The van der Waals surface area contributed by atoms with Crippen LogP contribution in [0.3, 0.4) is 0 Å². The smallest absolute Gasteiger partial charge is 0.279 e. The molecule has 0 amide bonds. The Hall–Kier alpha value is -0.810. The standard InChI is InChI=1S/C6H3F11O/c7-1(4(10,11)12)2(8)18-6(16,17)3(9)5(13,14)15/h1-3H/t1-,2-,3-/m1/s1. The molecule has 0 aromatic heterocycles. The average Bonchev–Trinajstić information content (AvgIpc) is 2.11. The fraction of sp³-hybridized carbons (Fsp3) is 1.00. The Balaban J connectivity index is 4.78. The van der Waals surface area contributed by atoms with Crippen molar-refractivity contribution in [2.75, 3.05) is 0 Å². The predicted molar refractivity (Wildman–Crippen MR) is 32.8 cm³/mol. The molecule has 0 N–H and O–H groups in total. The summed E-state index contributed by atoms with van der Waals surface area (Å²) < 4.78 is 132. The van der Waals surface area contributed by atoms with Gasteiger partial charge in [0.25, 0.3) is 12.3 Å². The molecule has 0 unspecified atom stereocenters. The highest BCUT2D eigenvalue weighted by atomic mass is 19.4. The highest BCUT2D eigenvalue weighted by Gasteiger charge is 2.61. The van der Waals surface area contributed by atoms with E-state index in [0.29, 0.717) is 0 Å². The SMILES string of the molecule is F[C@H](OC(F)(F)[C@H](F)C(F)(F)F)[C@@H](F)C(F)(F)F. The fourth-order valence-corrected chi connectivity index (χ4v) is 0.609. The van der Waals surface area contributed by atoms with Crippen molar-refractivity contribution >= 4 is 0 Å². The summed E-state index contributed by atoms with van der Waals surface area (Å²) >= 11 is 0. The minimum absolute atomic E-state index is 2.22. The Bertz CT molecular complexity index is 268. The molecule has 3 atom stereocenters. The van der Waals surface area contributed by atoms with Crippen molar-refractivity contribution in [1.29, 1.82) is 0 Å². The van der Waals surface area contributed by atoms with Gasteiger partial charge in [0.2, 0.25) is 6.36 Å². The molecular weight excluding hydrogens is 297 g/mol. The van der Waals surface area contributed by atoms with Crippen LogP contribution >= 0.6 is 0 Å². The second-order valence-electron chi connectivity index (χ2n) is 2.88. The summed E-state index contributed by atoms with van der Waals surface area (Å²) in [5.74, 6) is 0. The van der Waals surface area contributed by atoms with Gasteiger partial charge in [0.15, 0.2) is 0 Å². The lowest BCUT2D eigenvalue weighted by Gasteiger charge is -2.25. The second kappa shape index (κ2) is 5.05. The number of rotatable bonds is 4. The molecule has 0 aromatic carbocycles. The number of alkyl halides is 11. The first-order valence-electron chi connectivity index (χ1n) is 3.81. The lowest BCUT2D eigenvalue weighted by Crippen LogP contribution is -2.48. The Morgan fingerprint density at radius 3 is 1.33 bits per heavy atom. The van der Waals surface area contributed by atoms with E-state index in [-0.39, 0.29) is 0 Å². The molecule has 0 aliphatic heterocycles. The monoisotopic (exact) mass is 300 g/mol. The van der Waals surface area contributed by atoms with Gasteiger partial charge in [-0.15, -0.1) is 0 Å². The molecule has 0 aromatic rings. The quantitative estimate of drug-likeness (QED) is 0.719. The van der Waals surface area contributed by atoms with Crippen LogP contribution in [0.1, 0.15) is 0 Å². The summed E-state index contributed by atoms with van der Waals surface area (Å²) in [7, 11) is 0. The molecule has 0 saturated carbocycles. The van der Waals surface area contributed by atoms with Crippen LogP contribution in [0.5, 0.6) is 0 Å². The maximum absolute atomic E-state index is 12.2. The second-order valence-corrected chi connectivity index (χ2v) is 2.88. The highest BCUT2D eigenvalue weighted by Crippen LogP contribution is 2.38. The van der Waals surface area contributed by atoms with Gasteiger partial charge < -0.3 is 0 Å². The minimum Gasteiger partial charge on any atom is -0.279 e. The first kappa shape index (κ1) is 17.2. The van der Waals surface area contributed by atoms with Crippen LogP contribution in [0.25, 0.3) is 0 Å². The molecular formula is C6H3F11O. The summed E-state index contributed by atoms with van der Waals surface area (Å²) in [6.07, 6.45) is -32.4. The van der Waals surface area contributed by atoms with Crippen LogP contribution < -0.4 is 0 Å². The third-order valence-corrected chi connectivity index (χ3v) is 1.39. The molecule has 0 fully saturated rings. The molecule has 0 aliphatic carbocycles. The summed E-state index contributed by atoms with van der Waals surface area (Å²) in [6.45, 7) is 0. The topological polar surface area (TPSA) is 9.23 Å². The normalized spacial score (nSPS) is 19.5. The third kappa shape index (κ3) is 4.46. The predicted octanol–water partition coefficient (Wildman–Crippen LogP) is 3.69. The molecule has 1 nitrogen and oxygen atoms in total. The lowest BCUT2D eigenvalue weighted by molar-refractivity contribution is -0.377. The Morgan fingerprint density at radius 2 is 1.06 bits per heavy atom. The van der Waals surface area contributed by atoms with Gasteiger partial charge in [-0.2, -0.15) is 35.1 Å². The lowest BCUT2D eigenvalue weighted by atomic mass is 10.3. The zero-order chi connectivity index (χ0) is 14.9. The Labute approximate surface area is 91.5 Å². The molecule has 0 bridgehead atoms. The van der Waals surface area contributed by atoms with Crippen molar-refractivity contribution in [3.05, 3.63) is 0 Å². The fourth-order valence-electron chi connectivity index (χ4n) is 0.609. The van der Waals surface area contributed by atoms with Crippen LogP contribution in [-0.2, 0) is 4.74 Å². The first-order valence-corrected chi connectivity index (χ1v) is 3.81. The third-order valence-electron chi connectivity index (χ3n) is 1.39. The van der Waals surface area contributed by atoms with Crippen molar-refractivity contribution in [1.82, 2.24) is 0 Å². The molecule has 0 aliphatic rings. The van der Waals surface area contributed by atoms with Gasteiger partial charge in [0.1, 0.15) is 0 Å². The van der Waals surface area contributed by atoms with E-state index in [9.17, 15) is 48.3 Å². The molecule has 0 saturated heterocycles. The zero-order valence-corrected chi connectivity index (χ0v) is 7.80. The number of ether oxygens (including phenoxy) is 1. The molecule has 18 heavy (non-hydrogen) atoms. The first-order chi connectivity index (χ1) is 7.69. The minimum atomic E-state index is -6.22. The van der Waals surface area contributed by atoms with Crippen LogP contribution in [0.2, 0.25) is 0 Å². The Kier molecular flexibility index (Phi) is 4.83.